The first-order chi connectivity index (χ1) is 11.7. The standard InChI is InChI=1S/C18H24N2O4/c1-23-16-5-3-2-4-14(16)6-7-17(21)19-10-8-15(9-11-19)20-12-13-24-18(20)22/h2-5,15H,6-13H2,1H3. The predicted molar refractivity (Wildman–Crippen MR) is 89.0 cm³/mol. The van der Waals surface area contributed by atoms with Crippen LogP contribution in [0, 0.1) is 0 Å². The average Bonchev–Trinajstić information content (AvgIpc) is 3.06. The van der Waals surface area contributed by atoms with Crippen LogP contribution in [0.3, 0.4) is 0 Å². The molecule has 1 aromatic rings. The van der Waals surface area contributed by atoms with Gasteiger partial charge in [0.2, 0.25) is 5.91 Å². The van der Waals surface area contributed by atoms with Crippen molar-refractivity contribution in [3.63, 3.8) is 0 Å². The van der Waals surface area contributed by atoms with Gasteiger partial charge >= 0.3 is 6.09 Å². The van der Waals surface area contributed by atoms with E-state index in [0.29, 0.717) is 39.1 Å². The molecule has 2 saturated heterocycles. The molecule has 2 aliphatic rings. The molecule has 1 aromatic carbocycles. The number of nitrogens with zero attached hydrogens (tertiary/aromatic N) is 2. The van der Waals surface area contributed by atoms with Crippen LogP contribution in [-0.4, -0.2) is 61.2 Å². The average molecular weight is 332 g/mol. The molecular formula is C18H24N2O4. The van der Waals surface area contributed by atoms with Gasteiger partial charge in [0, 0.05) is 25.6 Å². The number of carbonyl (C=O) groups excluding carboxylic acids is 2. The van der Waals surface area contributed by atoms with E-state index < -0.39 is 0 Å². The second kappa shape index (κ2) is 7.55. The summed E-state index contributed by atoms with van der Waals surface area (Å²) in [5.74, 6) is 1.000. The lowest BCUT2D eigenvalue weighted by atomic mass is 10.0. The Morgan fingerprint density at radius 2 is 2.00 bits per heavy atom. The Morgan fingerprint density at radius 3 is 2.67 bits per heavy atom. The summed E-state index contributed by atoms with van der Waals surface area (Å²) >= 11 is 0. The molecular weight excluding hydrogens is 308 g/mol. The van der Waals surface area contributed by atoms with Crippen molar-refractivity contribution in [3.05, 3.63) is 29.8 Å². The molecule has 0 aliphatic carbocycles. The third-order valence-corrected chi connectivity index (χ3v) is 4.85. The van der Waals surface area contributed by atoms with Crippen molar-refractivity contribution in [3.8, 4) is 5.75 Å². The van der Waals surface area contributed by atoms with Crippen LogP contribution in [0.2, 0.25) is 0 Å². The lowest BCUT2D eigenvalue weighted by Gasteiger charge is -2.35. The summed E-state index contributed by atoms with van der Waals surface area (Å²) in [6.07, 6.45) is 2.61. The summed E-state index contributed by atoms with van der Waals surface area (Å²) < 4.78 is 10.3. The van der Waals surface area contributed by atoms with Gasteiger partial charge in [0.1, 0.15) is 12.4 Å². The van der Waals surface area contributed by atoms with Crippen molar-refractivity contribution in [1.82, 2.24) is 9.80 Å². The van der Waals surface area contributed by atoms with E-state index in [0.717, 1.165) is 24.2 Å². The summed E-state index contributed by atoms with van der Waals surface area (Å²) in [5.41, 5.74) is 1.06. The molecule has 130 valence electrons. The molecule has 0 atom stereocenters. The van der Waals surface area contributed by atoms with Crippen LogP contribution in [-0.2, 0) is 16.0 Å². The number of cyclic esters (lactones) is 1. The van der Waals surface area contributed by atoms with Gasteiger partial charge in [0.05, 0.1) is 13.7 Å². The van der Waals surface area contributed by atoms with Crippen molar-refractivity contribution in [2.45, 2.75) is 31.7 Å². The van der Waals surface area contributed by atoms with Crippen molar-refractivity contribution in [1.29, 1.82) is 0 Å². The van der Waals surface area contributed by atoms with Crippen LogP contribution in [0.5, 0.6) is 5.75 Å². The molecule has 0 radical (unpaired) electrons. The zero-order valence-electron chi connectivity index (χ0n) is 14.1. The number of hydrogen-bond donors (Lipinski definition) is 0. The number of benzene rings is 1. The van der Waals surface area contributed by atoms with Crippen molar-refractivity contribution in [2.75, 3.05) is 33.4 Å². The zero-order chi connectivity index (χ0) is 16.9. The van der Waals surface area contributed by atoms with Gasteiger partial charge in [0.25, 0.3) is 0 Å². The maximum Gasteiger partial charge on any atom is 0.410 e. The second-order valence-electron chi connectivity index (χ2n) is 6.23. The van der Waals surface area contributed by atoms with Gasteiger partial charge in [-0.05, 0) is 30.9 Å². The van der Waals surface area contributed by atoms with E-state index in [1.165, 1.54) is 0 Å². The van der Waals surface area contributed by atoms with E-state index in [-0.39, 0.29) is 18.0 Å². The SMILES string of the molecule is COc1ccccc1CCC(=O)N1CCC(N2CCOC2=O)CC1. The van der Waals surface area contributed by atoms with Gasteiger partial charge < -0.3 is 19.3 Å². The molecule has 24 heavy (non-hydrogen) atoms. The van der Waals surface area contributed by atoms with E-state index in [4.69, 9.17) is 9.47 Å². The fourth-order valence-electron chi connectivity index (χ4n) is 3.47. The number of aryl methyl sites for hydroxylation is 1. The highest BCUT2D eigenvalue weighted by Gasteiger charge is 2.33. The molecule has 6 nitrogen and oxygen atoms in total. The van der Waals surface area contributed by atoms with Gasteiger partial charge in [0.15, 0.2) is 0 Å². The van der Waals surface area contributed by atoms with Crippen LogP contribution in [0.1, 0.15) is 24.8 Å². The highest BCUT2D eigenvalue weighted by atomic mass is 16.6. The molecule has 0 aromatic heterocycles. The summed E-state index contributed by atoms with van der Waals surface area (Å²) in [6, 6.07) is 8.01. The molecule has 0 N–H and O–H groups in total. The number of methoxy groups -OCH3 is 1. The normalized spacial score (nSPS) is 18.6. The summed E-state index contributed by atoms with van der Waals surface area (Å²) in [4.78, 5) is 27.8. The third-order valence-electron chi connectivity index (χ3n) is 4.85. The van der Waals surface area contributed by atoms with E-state index in [2.05, 4.69) is 0 Å². The second-order valence-corrected chi connectivity index (χ2v) is 6.23. The van der Waals surface area contributed by atoms with E-state index in [9.17, 15) is 9.59 Å². The van der Waals surface area contributed by atoms with Crippen molar-refractivity contribution < 1.29 is 19.1 Å². The van der Waals surface area contributed by atoms with Gasteiger partial charge in [-0.2, -0.15) is 0 Å². The maximum absolute atomic E-state index is 12.4. The molecule has 0 unspecified atom stereocenters. The molecule has 2 heterocycles. The van der Waals surface area contributed by atoms with Crippen LogP contribution in [0.15, 0.2) is 24.3 Å². The Balaban J connectivity index is 1.48. The molecule has 0 bridgehead atoms. The summed E-state index contributed by atoms with van der Waals surface area (Å²) in [5, 5.41) is 0. The summed E-state index contributed by atoms with van der Waals surface area (Å²) in [6.45, 7) is 2.57. The summed E-state index contributed by atoms with van der Waals surface area (Å²) in [7, 11) is 1.65. The number of carbonyl (C=O) groups is 2. The molecule has 2 fully saturated rings. The number of amides is 2. The number of likely N-dealkylation sites (tertiary alicyclic amines) is 1. The number of rotatable bonds is 5. The van der Waals surface area contributed by atoms with Gasteiger partial charge in [-0.15, -0.1) is 0 Å². The lowest BCUT2D eigenvalue weighted by Crippen LogP contribution is -2.47. The van der Waals surface area contributed by atoms with E-state index in [1.807, 2.05) is 29.2 Å². The Bertz CT molecular complexity index is 596. The first-order valence-corrected chi connectivity index (χ1v) is 8.52. The molecule has 2 aliphatic heterocycles. The third kappa shape index (κ3) is 3.63. The number of hydrogen-bond acceptors (Lipinski definition) is 4. The number of para-hydroxylation sites is 1. The fourth-order valence-corrected chi connectivity index (χ4v) is 3.47. The first kappa shape index (κ1) is 16.6. The van der Waals surface area contributed by atoms with Gasteiger partial charge in [-0.3, -0.25) is 4.79 Å². The number of ether oxygens (including phenoxy) is 2. The highest BCUT2D eigenvalue weighted by Crippen LogP contribution is 2.22. The first-order valence-electron chi connectivity index (χ1n) is 8.52. The minimum atomic E-state index is -0.212. The lowest BCUT2D eigenvalue weighted by molar-refractivity contribution is -0.132. The van der Waals surface area contributed by atoms with Crippen molar-refractivity contribution in [2.24, 2.45) is 0 Å². The Kier molecular flexibility index (Phi) is 5.23. The van der Waals surface area contributed by atoms with Crippen LogP contribution in [0.4, 0.5) is 4.79 Å². The minimum Gasteiger partial charge on any atom is -0.496 e. The predicted octanol–water partition coefficient (Wildman–Crippen LogP) is 2.07. The smallest absolute Gasteiger partial charge is 0.410 e. The minimum absolute atomic E-state index is 0.170. The van der Waals surface area contributed by atoms with E-state index in [1.54, 1.807) is 12.0 Å². The quantitative estimate of drug-likeness (QED) is 0.828. The Morgan fingerprint density at radius 1 is 1.25 bits per heavy atom. The molecule has 2 amide bonds. The van der Waals surface area contributed by atoms with Gasteiger partial charge in [-0.25, -0.2) is 4.79 Å². The topological polar surface area (TPSA) is 59.1 Å². The highest BCUT2D eigenvalue weighted by molar-refractivity contribution is 5.76. The maximum atomic E-state index is 12.4. The molecule has 0 saturated carbocycles. The Labute approximate surface area is 142 Å². The molecule has 6 heteroatoms. The molecule has 3 rings (SSSR count). The van der Waals surface area contributed by atoms with Crippen LogP contribution >= 0.6 is 0 Å². The monoisotopic (exact) mass is 332 g/mol. The van der Waals surface area contributed by atoms with Gasteiger partial charge in [-0.1, -0.05) is 18.2 Å². The van der Waals surface area contributed by atoms with E-state index >= 15 is 0 Å². The largest absolute Gasteiger partial charge is 0.496 e. The number of piperidine rings is 1. The Hall–Kier alpha value is -2.24. The molecule has 0 spiro atoms. The van der Waals surface area contributed by atoms with Crippen LogP contribution < -0.4 is 4.74 Å². The fraction of sp³-hybridized carbons (Fsp3) is 0.556. The van der Waals surface area contributed by atoms with Crippen LogP contribution in [0.25, 0.3) is 0 Å². The van der Waals surface area contributed by atoms with Crippen molar-refractivity contribution >= 4 is 12.0 Å². The zero-order valence-corrected chi connectivity index (χ0v) is 14.1.